The van der Waals surface area contributed by atoms with Crippen LogP contribution in [0.15, 0.2) is 39.7 Å². The zero-order valence-corrected chi connectivity index (χ0v) is 14.2. The van der Waals surface area contributed by atoms with E-state index in [1.54, 1.807) is 0 Å². The van der Waals surface area contributed by atoms with Crippen molar-refractivity contribution in [2.45, 2.75) is 38.5 Å². The van der Waals surface area contributed by atoms with Crippen molar-refractivity contribution < 1.29 is 0 Å². The molecule has 1 aliphatic heterocycles. The molecule has 2 nitrogen and oxygen atoms in total. The topological polar surface area (TPSA) is 24.4 Å². The first-order chi connectivity index (χ1) is 10.1. The van der Waals surface area contributed by atoms with Crippen LogP contribution in [0, 0.1) is 12.8 Å². The Hall–Kier alpha value is -1.48. The lowest BCUT2D eigenvalue weighted by Gasteiger charge is -2.23. The van der Waals surface area contributed by atoms with Gasteiger partial charge in [-0.2, -0.15) is 0 Å². The third-order valence-electron chi connectivity index (χ3n) is 3.90. The molecule has 0 radical (unpaired) electrons. The maximum Gasteiger partial charge on any atom is 0.100 e. The average molecular weight is 300 g/mol. The predicted molar refractivity (Wildman–Crippen MR) is 94.9 cm³/mol. The molecule has 1 unspecified atom stereocenters. The lowest BCUT2D eigenvalue weighted by Crippen LogP contribution is -2.26. The third kappa shape index (κ3) is 3.59. The molecule has 0 aliphatic carbocycles. The molecule has 0 amide bonds. The van der Waals surface area contributed by atoms with E-state index in [1.807, 2.05) is 24.9 Å². The molecule has 0 aromatic heterocycles. The highest BCUT2D eigenvalue weighted by Gasteiger charge is 2.18. The van der Waals surface area contributed by atoms with E-state index in [1.165, 1.54) is 26.5 Å². The number of nitrogens with one attached hydrogen (secondary N) is 1. The largest absolute Gasteiger partial charge is 0.350 e. The van der Waals surface area contributed by atoms with Crippen LogP contribution in [0.2, 0.25) is 0 Å². The molecule has 0 fully saturated rings. The Morgan fingerprint density at radius 2 is 2.24 bits per heavy atom. The second-order valence-corrected chi connectivity index (χ2v) is 6.56. The van der Waals surface area contributed by atoms with Crippen molar-refractivity contribution in [1.82, 2.24) is 5.32 Å². The number of hydrogen-bond acceptors (Lipinski definition) is 2. The van der Waals surface area contributed by atoms with Gasteiger partial charge in [0.15, 0.2) is 0 Å². The van der Waals surface area contributed by atoms with E-state index in [2.05, 4.69) is 56.0 Å². The molecule has 0 spiro atoms. The smallest absolute Gasteiger partial charge is 0.100 e. The van der Waals surface area contributed by atoms with Crippen molar-refractivity contribution in [2.24, 2.45) is 10.9 Å². The van der Waals surface area contributed by atoms with Crippen LogP contribution in [0.3, 0.4) is 0 Å². The summed E-state index contributed by atoms with van der Waals surface area (Å²) in [5, 5.41) is 3.29. The SMILES string of the molecule is C=Cc1cc(SC2=CNC(=NC)CC2C)c(C)cc1CC. The summed E-state index contributed by atoms with van der Waals surface area (Å²) < 4.78 is 0. The van der Waals surface area contributed by atoms with Crippen LogP contribution >= 0.6 is 11.8 Å². The first-order valence-corrected chi connectivity index (χ1v) is 8.26. The van der Waals surface area contributed by atoms with Gasteiger partial charge in [-0.25, -0.2) is 0 Å². The standard InChI is InChI=1S/C18H24N2S/c1-6-14-8-12(3)16(10-15(14)7-2)21-17-11-20-18(19-5)9-13(17)4/h7-8,10-11,13H,2,6,9H2,1,3-5H3,(H,19,20). The molecule has 1 atom stereocenters. The molecule has 0 bridgehead atoms. The van der Waals surface area contributed by atoms with Gasteiger partial charge in [-0.3, -0.25) is 4.99 Å². The molecule has 1 N–H and O–H groups in total. The van der Waals surface area contributed by atoms with Crippen LogP contribution in [0.4, 0.5) is 0 Å². The van der Waals surface area contributed by atoms with E-state index in [9.17, 15) is 0 Å². The number of thioether (sulfide) groups is 1. The van der Waals surface area contributed by atoms with E-state index < -0.39 is 0 Å². The molecule has 1 heterocycles. The Morgan fingerprint density at radius 1 is 1.48 bits per heavy atom. The molecule has 1 aromatic carbocycles. The van der Waals surface area contributed by atoms with Gasteiger partial charge in [0, 0.05) is 29.5 Å². The fourth-order valence-electron chi connectivity index (χ4n) is 2.53. The zero-order valence-electron chi connectivity index (χ0n) is 13.4. The van der Waals surface area contributed by atoms with E-state index in [0.717, 1.165) is 18.7 Å². The molecular formula is C18H24N2S. The van der Waals surface area contributed by atoms with Gasteiger partial charge in [0.25, 0.3) is 0 Å². The fraction of sp³-hybridized carbons (Fsp3) is 0.389. The second-order valence-electron chi connectivity index (χ2n) is 5.44. The van der Waals surface area contributed by atoms with Crippen LogP contribution in [0.1, 0.15) is 37.0 Å². The number of allylic oxidation sites excluding steroid dienone is 1. The predicted octanol–water partition coefficient (Wildman–Crippen LogP) is 4.79. The monoisotopic (exact) mass is 300 g/mol. The fourth-order valence-corrected chi connectivity index (χ4v) is 3.59. The van der Waals surface area contributed by atoms with Crippen molar-refractivity contribution in [3.8, 4) is 0 Å². The van der Waals surface area contributed by atoms with Crippen molar-refractivity contribution in [2.75, 3.05) is 7.05 Å². The Kier molecular flexibility index (Phi) is 5.29. The number of aryl methyl sites for hydroxylation is 2. The maximum absolute atomic E-state index is 4.25. The third-order valence-corrected chi connectivity index (χ3v) is 5.32. The van der Waals surface area contributed by atoms with Gasteiger partial charge in [0.2, 0.25) is 0 Å². The molecule has 21 heavy (non-hydrogen) atoms. The second kappa shape index (κ2) is 6.99. The summed E-state index contributed by atoms with van der Waals surface area (Å²) in [6, 6.07) is 4.56. The Balaban J connectivity index is 2.28. The number of nitrogens with zero attached hydrogens (tertiary/aromatic N) is 1. The summed E-state index contributed by atoms with van der Waals surface area (Å²) in [5.74, 6) is 1.57. The minimum Gasteiger partial charge on any atom is -0.350 e. The van der Waals surface area contributed by atoms with Gasteiger partial charge >= 0.3 is 0 Å². The van der Waals surface area contributed by atoms with E-state index in [-0.39, 0.29) is 0 Å². The number of hydrogen-bond donors (Lipinski definition) is 1. The number of aliphatic imine (C=N–C) groups is 1. The van der Waals surface area contributed by atoms with Gasteiger partial charge in [0.05, 0.1) is 0 Å². The summed E-state index contributed by atoms with van der Waals surface area (Å²) in [6.45, 7) is 10.6. The summed E-state index contributed by atoms with van der Waals surface area (Å²) >= 11 is 1.86. The molecule has 1 aliphatic rings. The average Bonchev–Trinajstić information content (AvgIpc) is 2.50. The number of amidine groups is 1. The maximum atomic E-state index is 4.25. The van der Waals surface area contributed by atoms with Crippen molar-refractivity contribution in [1.29, 1.82) is 0 Å². The van der Waals surface area contributed by atoms with Crippen LogP contribution < -0.4 is 5.32 Å². The summed E-state index contributed by atoms with van der Waals surface area (Å²) in [6.07, 6.45) is 6.09. The van der Waals surface area contributed by atoms with Crippen molar-refractivity contribution in [3.05, 3.63) is 46.5 Å². The first kappa shape index (κ1) is 15.9. The van der Waals surface area contributed by atoms with Gasteiger partial charge in [0.1, 0.15) is 5.84 Å². The Labute approximate surface area is 132 Å². The van der Waals surface area contributed by atoms with Gasteiger partial charge in [-0.1, -0.05) is 44.3 Å². The summed E-state index contributed by atoms with van der Waals surface area (Å²) in [7, 11) is 1.84. The molecule has 1 aromatic rings. The summed E-state index contributed by atoms with van der Waals surface area (Å²) in [4.78, 5) is 6.93. The van der Waals surface area contributed by atoms with Gasteiger partial charge < -0.3 is 5.32 Å². The number of benzene rings is 1. The minimum absolute atomic E-state index is 0.507. The highest BCUT2D eigenvalue weighted by molar-refractivity contribution is 8.03. The Bertz CT molecular complexity index is 599. The molecule has 112 valence electrons. The Morgan fingerprint density at radius 3 is 2.81 bits per heavy atom. The highest BCUT2D eigenvalue weighted by atomic mass is 32.2. The van der Waals surface area contributed by atoms with Crippen molar-refractivity contribution >= 4 is 23.7 Å². The molecule has 2 rings (SSSR count). The molecule has 0 saturated carbocycles. The van der Waals surface area contributed by atoms with E-state index in [4.69, 9.17) is 0 Å². The van der Waals surface area contributed by atoms with Crippen LogP contribution in [-0.4, -0.2) is 12.9 Å². The van der Waals surface area contributed by atoms with Crippen molar-refractivity contribution in [3.63, 3.8) is 0 Å². The van der Waals surface area contributed by atoms with Crippen LogP contribution in [0.5, 0.6) is 0 Å². The summed E-state index contributed by atoms with van der Waals surface area (Å²) in [5.41, 5.74) is 3.96. The molecule has 0 saturated heterocycles. The highest BCUT2D eigenvalue weighted by Crippen LogP contribution is 2.37. The quantitative estimate of drug-likeness (QED) is 0.864. The number of rotatable bonds is 4. The van der Waals surface area contributed by atoms with E-state index >= 15 is 0 Å². The van der Waals surface area contributed by atoms with Gasteiger partial charge in [-0.15, -0.1) is 0 Å². The minimum atomic E-state index is 0.507. The molecule has 3 heteroatoms. The van der Waals surface area contributed by atoms with Crippen LogP contribution in [-0.2, 0) is 6.42 Å². The lowest BCUT2D eigenvalue weighted by molar-refractivity contribution is 0.717. The van der Waals surface area contributed by atoms with Gasteiger partial charge in [-0.05, 0) is 42.0 Å². The van der Waals surface area contributed by atoms with Crippen LogP contribution in [0.25, 0.3) is 6.08 Å². The molecular weight excluding hydrogens is 276 g/mol. The lowest BCUT2D eigenvalue weighted by atomic mass is 10.0. The zero-order chi connectivity index (χ0) is 15.4. The van der Waals surface area contributed by atoms with E-state index in [0.29, 0.717) is 5.92 Å². The normalized spacial score (nSPS) is 20.1. The first-order valence-electron chi connectivity index (χ1n) is 7.45.